The Morgan fingerprint density at radius 1 is 1.59 bits per heavy atom. The van der Waals surface area contributed by atoms with Crippen molar-refractivity contribution < 1.29 is 4.74 Å². The fourth-order valence-corrected chi connectivity index (χ4v) is 2.07. The molecule has 2 heterocycles. The van der Waals surface area contributed by atoms with Gasteiger partial charge in [-0.25, -0.2) is 0 Å². The van der Waals surface area contributed by atoms with Gasteiger partial charge in [-0.1, -0.05) is 0 Å². The maximum absolute atomic E-state index is 5.56. The summed E-state index contributed by atoms with van der Waals surface area (Å²) in [6.07, 6.45) is 4.94. The maximum Gasteiger partial charge on any atom is 0.0700 e. The number of halogens is 1. The molecule has 1 aromatic heterocycles. The van der Waals surface area contributed by atoms with E-state index in [1.165, 1.54) is 18.4 Å². The van der Waals surface area contributed by atoms with Crippen molar-refractivity contribution in [2.45, 2.75) is 45.9 Å². The molecule has 17 heavy (non-hydrogen) atoms. The van der Waals surface area contributed by atoms with Crippen LogP contribution in [0.4, 0.5) is 0 Å². The largest absolute Gasteiger partial charge is 0.377 e. The van der Waals surface area contributed by atoms with E-state index in [1.54, 1.807) is 0 Å². The Labute approximate surface area is 109 Å². The van der Waals surface area contributed by atoms with Crippen molar-refractivity contribution in [1.82, 2.24) is 15.1 Å². The Morgan fingerprint density at radius 2 is 2.41 bits per heavy atom. The van der Waals surface area contributed by atoms with Crippen molar-refractivity contribution in [1.29, 1.82) is 0 Å². The third-order valence-corrected chi connectivity index (χ3v) is 3.08. The summed E-state index contributed by atoms with van der Waals surface area (Å²) in [5.74, 6) is 0. The predicted molar refractivity (Wildman–Crippen MR) is 70.6 cm³/mol. The van der Waals surface area contributed by atoms with E-state index in [9.17, 15) is 0 Å². The molecule has 0 saturated carbocycles. The number of aromatic nitrogens is 2. The fraction of sp³-hybridized carbons (Fsp3) is 0.750. The molecule has 1 aromatic rings. The van der Waals surface area contributed by atoms with Crippen LogP contribution in [0.15, 0.2) is 6.20 Å². The van der Waals surface area contributed by atoms with Crippen molar-refractivity contribution in [2.75, 3.05) is 13.2 Å². The van der Waals surface area contributed by atoms with Gasteiger partial charge in [0.2, 0.25) is 0 Å². The van der Waals surface area contributed by atoms with E-state index < -0.39 is 0 Å². The van der Waals surface area contributed by atoms with Crippen molar-refractivity contribution in [3.8, 4) is 0 Å². The average Bonchev–Trinajstić information content (AvgIpc) is 2.89. The molecule has 1 aliphatic heterocycles. The lowest BCUT2D eigenvalue weighted by Gasteiger charge is -2.09. The second kappa shape index (κ2) is 6.99. The van der Waals surface area contributed by atoms with Crippen LogP contribution in [0.2, 0.25) is 0 Å². The minimum Gasteiger partial charge on any atom is -0.377 e. The fourth-order valence-electron chi connectivity index (χ4n) is 2.07. The zero-order chi connectivity index (χ0) is 11.4. The van der Waals surface area contributed by atoms with Gasteiger partial charge in [0, 0.05) is 38.0 Å². The van der Waals surface area contributed by atoms with Gasteiger partial charge in [0.05, 0.1) is 11.8 Å². The summed E-state index contributed by atoms with van der Waals surface area (Å²) in [5, 5.41) is 7.87. The van der Waals surface area contributed by atoms with Gasteiger partial charge in [-0.2, -0.15) is 5.10 Å². The van der Waals surface area contributed by atoms with Crippen LogP contribution in [0.5, 0.6) is 0 Å². The Kier molecular flexibility index (Phi) is 5.95. The number of nitrogens with zero attached hydrogens (tertiary/aromatic N) is 2. The highest BCUT2D eigenvalue weighted by atomic mass is 35.5. The minimum atomic E-state index is 0. The standard InChI is InChI=1S/C12H21N3O.ClH/c1-3-15-9-11(10(2)14-15)7-13-8-12-5-4-6-16-12;/h9,12-13H,3-8H2,1-2H3;1H. The number of hydrogen-bond acceptors (Lipinski definition) is 3. The molecule has 5 heteroatoms. The third kappa shape index (κ3) is 3.98. The van der Waals surface area contributed by atoms with E-state index in [0.29, 0.717) is 6.10 Å². The SMILES string of the molecule is CCn1cc(CNCC2CCCO2)c(C)n1.Cl. The second-order valence-corrected chi connectivity index (χ2v) is 4.36. The first kappa shape index (κ1) is 14.5. The smallest absolute Gasteiger partial charge is 0.0700 e. The molecule has 1 saturated heterocycles. The van der Waals surface area contributed by atoms with Crippen LogP contribution < -0.4 is 5.32 Å². The molecule has 0 aromatic carbocycles. The molecule has 1 fully saturated rings. The van der Waals surface area contributed by atoms with E-state index >= 15 is 0 Å². The van der Waals surface area contributed by atoms with E-state index in [-0.39, 0.29) is 12.4 Å². The monoisotopic (exact) mass is 259 g/mol. The molecule has 0 amide bonds. The topological polar surface area (TPSA) is 39.1 Å². The Morgan fingerprint density at radius 3 is 3.00 bits per heavy atom. The lowest BCUT2D eigenvalue weighted by atomic mass is 10.2. The summed E-state index contributed by atoms with van der Waals surface area (Å²) >= 11 is 0. The van der Waals surface area contributed by atoms with Gasteiger partial charge in [-0.3, -0.25) is 4.68 Å². The van der Waals surface area contributed by atoms with Gasteiger partial charge in [0.15, 0.2) is 0 Å². The van der Waals surface area contributed by atoms with Gasteiger partial charge < -0.3 is 10.1 Å². The Hall–Kier alpha value is -0.580. The molecule has 2 rings (SSSR count). The van der Waals surface area contributed by atoms with Crippen molar-refractivity contribution in [3.05, 3.63) is 17.5 Å². The van der Waals surface area contributed by atoms with E-state index in [0.717, 1.165) is 31.9 Å². The van der Waals surface area contributed by atoms with Crippen LogP contribution in [0.3, 0.4) is 0 Å². The molecular weight excluding hydrogens is 238 g/mol. The maximum atomic E-state index is 5.56. The first-order chi connectivity index (χ1) is 7.79. The molecule has 98 valence electrons. The Bertz CT molecular complexity index is 334. The van der Waals surface area contributed by atoms with E-state index in [1.807, 2.05) is 4.68 Å². The average molecular weight is 260 g/mol. The quantitative estimate of drug-likeness (QED) is 0.878. The van der Waals surface area contributed by atoms with Crippen LogP contribution in [0.1, 0.15) is 31.0 Å². The highest BCUT2D eigenvalue weighted by Crippen LogP contribution is 2.11. The van der Waals surface area contributed by atoms with E-state index in [2.05, 4.69) is 30.5 Å². The molecule has 0 aliphatic carbocycles. The van der Waals surface area contributed by atoms with Crippen molar-refractivity contribution in [3.63, 3.8) is 0 Å². The molecule has 1 atom stereocenters. The number of aryl methyl sites for hydroxylation is 2. The highest BCUT2D eigenvalue weighted by molar-refractivity contribution is 5.85. The lowest BCUT2D eigenvalue weighted by Crippen LogP contribution is -2.25. The molecule has 4 nitrogen and oxygen atoms in total. The highest BCUT2D eigenvalue weighted by Gasteiger charge is 2.14. The normalized spacial score (nSPS) is 19.3. The van der Waals surface area contributed by atoms with Gasteiger partial charge in [0.25, 0.3) is 0 Å². The lowest BCUT2D eigenvalue weighted by molar-refractivity contribution is 0.110. The molecule has 0 spiro atoms. The molecule has 0 radical (unpaired) electrons. The van der Waals surface area contributed by atoms with Crippen LogP contribution in [-0.2, 0) is 17.8 Å². The number of rotatable bonds is 5. The molecule has 1 aliphatic rings. The van der Waals surface area contributed by atoms with Crippen LogP contribution in [0.25, 0.3) is 0 Å². The number of nitrogens with one attached hydrogen (secondary N) is 1. The minimum absolute atomic E-state index is 0. The van der Waals surface area contributed by atoms with E-state index in [4.69, 9.17) is 4.74 Å². The Balaban J connectivity index is 0.00000144. The third-order valence-electron chi connectivity index (χ3n) is 3.08. The van der Waals surface area contributed by atoms with Gasteiger partial charge in [-0.05, 0) is 26.7 Å². The summed E-state index contributed by atoms with van der Waals surface area (Å²) in [7, 11) is 0. The molecular formula is C12H22ClN3O. The summed E-state index contributed by atoms with van der Waals surface area (Å²) in [6.45, 7) is 7.89. The predicted octanol–water partition coefficient (Wildman–Crippen LogP) is 1.90. The number of ether oxygens (including phenoxy) is 1. The van der Waals surface area contributed by atoms with Gasteiger partial charge >= 0.3 is 0 Å². The van der Waals surface area contributed by atoms with Crippen molar-refractivity contribution in [2.24, 2.45) is 0 Å². The summed E-state index contributed by atoms with van der Waals surface area (Å²) in [4.78, 5) is 0. The zero-order valence-corrected chi connectivity index (χ0v) is 11.4. The van der Waals surface area contributed by atoms with Crippen LogP contribution in [0, 0.1) is 6.92 Å². The summed E-state index contributed by atoms with van der Waals surface area (Å²) in [6, 6.07) is 0. The number of hydrogen-bond donors (Lipinski definition) is 1. The summed E-state index contributed by atoms with van der Waals surface area (Å²) in [5.41, 5.74) is 2.42. The van der Waals surface area contributed by atoms with Gasteiger partial charge in [-0.15, -0.1) is 12.4 Å². The summed E-state index contributed by atoms with van der Waals surface area (Å²) < 4.78 is 7.55. The van der Waals surface area contributed by atoms with Crippen molar-refractivity contribution >= 4 is 12.4 Å². The first-order valence-electron chi connectivity index (χ1n) is 6.15. The molecule has 1 N–H and O–H groups in total. The first-order valence-corrected chi connectivity index (χ1v) is 6.15. The van der Waals surface area contributed by atoms with Crippen LogP contribution >= 0.6 is 12.4 Å². The zero-order valence-electron chi connectivity index (χ0n) is 10.6. The van der Waals surface area contributed by atoms with Crippen LogP contribution in [-0.4, -0.2) is 29.0 Å². The molecule has 1 unspecified atom stereocenters. The van der Waals surface area contributed by atoms with Gasteiger partial charge in [0.1, 0.15) is 0 Å². The molecule has 0 bridgehead atoms. The second-order valence-electron chi connectivity index (χ2n) is 4.36.